The van der Waals surface area contributed by atoms with Crippen molar-refractivity contribution >= 4 is 48.0 Å². The Labute approximate surface area is 158 Å². The lowest BCUT2D eigenvalue weighted by molar-refractivity contribution is -0.109. The van der Waals surface area contributed by atoms with Gasteiger partial charge in [0.25, 0.3) is 0 Å². The Bertz CT molecular complexity index is 699. The lowest BCUT2D eigenvalue weighted by atomic mass is 9.78. The normalized spacial score (nSPS) is 19.1. The average molecular weight is 381 g/mol. The maximum atomic E-state index is 11.4. The van der Waals surface area contributed by atoms with Gasteiger partial charge in [0.2, 0.25) is 0 Å². The van der Waals surface area contributed by atoms with Gasteiger partial charge < -0.3 is 9.31 Å². The first-order valence-electron chi connectivity index (χ1n) is 8.00. The molecule has 0 spiro atoms. The zero-order chi connectivity index (χ0) is 18.8. The van der Waals surface area contributed by atoms with E-state index in [1.807, 2.05) is 39.8 Å². The molecule has 1 aromatic carbocycles. The zero-order valence-corrected chi connectivity index (χ0v) is 16.7. The SMILES string of the molecule is CC(=O)SCC(=Cc1ccc(Cl)c(C=O)c1)B1OC(C)(C)C(C)(C)O1. The minimum absolute atomic E-state index is 0.0205. The fourth-order valence-electron chi connectivity index (χ4n) is 2.31. The highest BCUT2D eigenvalue weighted by Crippen LogP contribution is 2.39. The molecule has 7 heteroatoms. The Morgan fingerprint density at radius 1 is 1.24 bits per heavy atom. The van der Waals surface area contributed by atoms with Crippen molar-refractivity contribution in [2.45, 2.75) is 45.8 Å². The van der Waals surface area contributed by atoms with Crippen LogP contribution >= 0.6 is 23.4 Å². The first-order chi connectivity index (χ1) is 11.6. The highest BCUT2D eigenvalue weighted by molar-refractivity contribution is 8.13. The Hall–Kier alpha value is -1.08. The fraction of sp³-hybridized carbons (Fsp3) is 0.444. The number of halogens is 1. The molecule has 0 amide bonds. The van der Waals surface area contributed by atoms with Crippen molar-refractivity contribution in [2.75, 3.05) is 5.75 Å². The lowest BCUT2D eigenvalue weighted by Crippen LogP contribution is -2.41. The van der Waals surface area contributed by atoms with Gasteiger partial charge in [0, 0.05) is 18.2 Å². The first kappa shape index (κ1) is 20.2. The van der Waals surface area contributed by atoms with E-state index in [-0.39, 0.29) is 5.12 Å². The van der Waals surface area contributed by atoms with Crippen LogP contribution < -0.4 is 0 Å². The highest BCUT2D eigenvalue weighted by Gasteiger charge is 2.52. The molecule has 134 valence electrons. The molecule has 25 heavy (non-hydrogen) atoms. The van der Waals surface area contributed by atoms with Gasteiger partial charge in [-0.15, -0.1) is 0 Å². The van der Waals surface area contributed by atoms with Crippen LogP contribution in [0.4, 0.5) is 0 Å². The second-order valence-electron chi connectivity index (χ2n) is 6.99. The molecule has 1 saturated heterocycles. The van der Waals surface area contributed by atoms with Gasteiger partial charge in [0.15, 0.2) is 11.4 Å². The summed E-state index contributed by atoms with van der Waals surface area (Å²) in [4.78, 5) is 22.5. The molecule has 1 aromatic rings. The summed E-state index contributed by atoms with van der Waals surface area (Å²) >= 11 is 7.18. The second-order valence-corrected chi connectivity index (χ2v) is 8.55. The standard InChI is InChI=1S/C18H22BClO4S/c1-12(22)25-11-15(19-23-17(2,3)18(4,5)24-19)9-13-6-7-16(20)14(8-13)10-21/h6-10H,11H2,1-5H3. The molecule has 1 fully saturated rings. The topological polar surface area (TPSA) is 52.6 Å². The lowest BCUT2D eigenvalue weighted by Gasteiger charge is -2.32. The molecule has 0 aliphatic carbocycles. The number of thioether (sulfide) groups is 1. The molecular weight excluding hydrogens is 359 g/mol. The van der Waals surface area contributed by atoms with Gasteiger partial charge in [-0.25, -0.2) is 0 Å². The molecule has 4 nitrogen and oxygen atoms in total. The molecule has 1 aliphatic heterocycles. The quantitative estimate of drug-likeness (QED) is 0.558. The van der Waals surface area contributed by atoms with E-state index in [4.69, 9.17) is 20.9 Å². The maximum Gasteiger partial charge on any atom is 0.491 e. The first-order valence-corrected chi connectivity index (χ1v) is 9.36. The Kier molecular flexibility index (Phi) is 6.20. The summed E-state index contributed by atoms with van der Waals surface area (Å²) in [5, 5.41) is 0.426. The van der Waals surface area contributed by atoms with E-state index in [1.165, 1.54) is 18.7 Å². The van der Waals surface area contributed by atoms with E-state index in [0.29, 0.717) is 16.3 Å². The van der Waals surface area contributed by atoms with Crippen LogP contribution in [0.3, 0.4) is 0 Å². The minimum Gasteiger partial charge on any atom is -0.400 e. The zero-order valence-electron chi connectivity index (χ0n) is 15.1. The minimum atomic E-state index is -0.549. The smallest absolute Gasteiger partial charge is 0.400 e. The molecule has 0 saturated carbocycles. The second kappa shape index (κ2) is 7.66. The third-order valence-electron chi connectivity index (χ3n) is 4.50. The van der Waals surface area contributed by atoms with Crippen LogP contribution in [0.1, 0.15) is 50.5 Å². The number of hydrogen-bond acceptors (Lipinski definition) is 5. The fourth-order valence-corrected chi connectivity index (χ4v) is 3.06. The van der Waals surface area contributed by atoms with Crippen LogP contribution in [0.2, 0.25) is 5.02 Å². The van der Waals surface area contributed by atoms with E-state index < -0.39 is 18.3 Å². The predicted octanol–water partition coefficient (Wildman–Crippen LogP) is 4.45. The number of rotatable bonds is 5. The number of aldehydes is 1. The number of carbonyl (C=O) groups excluding carboxylic acids is 2. The number of hydrogen-bond donors (Lipinski definition) is 0. The van der Waals surface area contributed by atoms with Gasteiger partial charge in [-0.05, 0) is 50.9 Å². The molecule has 0 atom stereocenters. The summed E-state index contributed by atoms with van der Waals surface area (Å²) in [6, 6.07) is 5.20. The van der Waals surface area contributed by atoms with Gasteiger partial charge in [-0.1, -0.05) is 35.5 Å². The Morgan fingerprint density at radius 3 is 2.36 bits per heavy atom. The molecule has 1 heterocycles. The van der Waals surface area contributed by atoms with Crippen molar-refractivity contribution in [3.8, 4) is 0 Å². The average Bonchev–Trinajstić information content (AvgIpc) is 2.73. The van der Waals surface area contributed by atoms with Gasteiger partial charge in [-0.3, -0.25) is 9.59 Å². The van der Waals surface area contributed by atoms with Crippen molar-refractivity contribution in [1.82, 2.24) is 0 Å². The molecule has 0 unspecified atom stereocenters. The molecule has 0 radical (unpaired) electrons. The maximum absolute atomic E-state index is 11.4. The third-order valence-corrected chi connectivity index (χ3v) is 5.73. The van der Waals surface area contributed by atoms with Crippen molar-refractivity contribution < 1.29 is 18.9 Å². The van der Waals surface area contributed by atoms with Crippen LogP contribution in [-0.4, -0.2) is 35.5 Å². The summed E-state index contributed by atoms with van der Waals surface area (Å²) in [6.07, 6.45) is 2.61. The van der Waals surface area contributed by atoms with Gasteiger partial charge >= 0.3 is 7.12 Å². The molecule has 2 rings (SSSR count). The summed E-state index contributed by atoms with van der Waals surface area (Å²) in [6.45, 7) is 9.45. The largest absolute Gasteiger partial charge is 0.491 e. The van der Waals surface area contributed by atoms with Gasteiger partial charge in [-0.2, -0.15) is 0 Å². The third kappa shape index (κ3) is 4.76. The predicted molar refractivity (Wildman–Crippen MR) is 104 cm³/mol. The number of benzene rings is 1. The molecule has 1 aliphatic rings. The Balaban J connectivity index is 2.36. The number of carbonyl (C=O) groups is 2. The van der Waals surface area contributed by atoms with Crippen molar-refractivity contribution in [1.29, 1.82) is 0 Å². The van der Waals surface area contributed by atoms with E-state index in [2.05, 4.69) is 0 Å². The van der Waals surface area contributed by atoms with E-state index in [9.17, 15) is 9.59 Å². The van der Waals surface area contributed by atoms with Crippen LogP contribution in [0.25, 0.3) is 6.08 Å². The summed E-state index contributed by atoms with van der Waals surface area (Å²) < 4.78 is 12.2. The molecular formula is C18H22BClO4S. The highest BCUT2D eigenvalue weighted by atomic mass is 35.5. The summed E-state index contributed by atoms with van der Waals surface area (Å²) in [5.41, 5.74) is 1.12. The van der Waals surface area contributed by atoms with Crippen LogP contribution in [0, 0.1) is 0 Å². The molecule has 0 aromatic heterocycles. The Morgan fingerprint density at radius 2 is 1.84 bits per heavy atom. The van der Waals surface area contributed by atoms with Gasteiger partial charge in [0.05, 0.1) is 16.2 Å². The van der Waals surface area contributed by atoms with Crippen LogP contribution in [-0.2, 0) is 14.1 Å². The van der Waals surface area contributed by atoms with Crippen molar-refractivity contribution in [3.63, 3.8) is 0 Å². The van der Waals surface area contributed by atoms with Gasteiger partial charge in [0.1, 0.15) is 0 Å². The summed E-state index contributed by atoms with van der Waals surface area (Å²) in [5.74, 6) is 0.450. The van der Waals surface area contributed by atoms with Crippen LogP contribution in [0.15, 0.2) is 23.7 Å². The molecule has 0 N–H and O–H groups in total. The van der Waals surface area contributed by atoms with E-state index in [0.717, 1.165) is 17.3 Å². The van der Waals surface area contributed by atoms with E-state index >= 15 is 0 Å². The van der Waals surface area contributed by atoms with Crippen LogP contribution in [0.5, 0.6) is 0 Å². The summed E-state index contributed by atoms with van der Waals surface area (Å²) in [7, 11) is -0.549. The van der Waals surface area contributed by atoms with Crippen molar-refractivity contribution in [3.05, 3.63) is 39.8 Å². The van der Waals surface area contributed by atoms with E-state index in [1.54, 1.807) is 12.1 Å². The molecule has 0 bridgehead atoms. The van der Waals surface area contributed by atoms with Crippen molar-refractivity contribution in [2.24, 2.45) is 0 Å². The monoisotopic (exact) mass is 380 g/mol.